The number of nitrogens with zero attached hydrogens (tertiary/aromatic N) is 1. The highest BCUT2D eigenvalue weighted by Crippen LogP contribution is 2.30. The third-order valence-electron chi connectivity index (χ3n) is 2.40. The molecule has 0 aromatic carbocycles. The first-order valence-electron chi connectivity index (χ1n) is 5.01. The molecule has 1 aromatic rings. The Balaban J connectivity index is 2.28. The highest BCUT2D eigenvalue weighted by Gasteiger charge is 2.33. The van der Waals surface area contributed by atoms with Gasteiger partial charge in [-0.15, -0.1) is 0 Å². The molecular weight excluding hydrogens is 235 g/mol. The lowest BCUT2D eigenvalue weighted by Gasteiger charge is -2.10. The van der Waals surface area contributed by atoms with Crippen molar-refractivity contribution in [3.8, 4) is 0 Å². The number of alkyl halides is 3. The number of halogens is 3. The maximum Gasteiger partial charge on any atom is 0.417 e. The van der Waals surface area contributed by atoms with Crippen molar-refractivity contribution in [1.82, 2.24) is 10.3 Å². The van der Waals surface area contributed by atoms with Gasteiger partial charge in [-0.2, -0.15) is 13.2 Å². The van der Waals surface area contributed by atoms with Gasteiger partial charge in [0.25, 0.3) is 5.91 Å². The molecule has 1 aliphatic rings. The molecule has 1 aliphatic carbocycles. The third-order valence-corrected chi connectivity index (χ3v) is 2.40. The summed E-state index contributed by atoms with van der Waals surface area (Å²) in [6.45, 7) is 0. The van der Waals surface area contributed by atoms with Gasteiger partial charge in [-0.25, -0.2) is 4.98 Å². The molecule has 1 aromatic heterocycles. The van der Waals surface area contributed by atoms with Crippen LogP contribution in [0.4, 0.5) is 19.0 Å². The van der Waals surface area contributed by atoms with Crippen LogP contribution < -0.4 is 11.1 Å². The quantitative estimate of drug-likeness (QED) is 0.831. The zero-order chi connectivity index (χ0) is 12.6. The second-order valence-corrected chi connectivity index (χ2v) is 3.90. The Labute approximate surface area is 95.0 Å². The fourth-order valence-corrected chi connectivity index (χ4v) is 1.30. The summed E-state index contributed by atoms with van der Waals surface area (Å²) in [7, 11) is 0. The lowest BCUT2D eigenvalue weighted by atomic mass is 10.1. The van der Waals surface area contributed by atoms with Gasteiger partial charge >= 0.3 is 6.18 Å². The normalized spacial score (nSPS) is 15.7. The molecule has 1 saturated carbocycles. The van der Waals surface area contributed by atoms with E-state index in [-0.39, 0.29) is 17.4 Å². The fourth-order valence-electron chi connectivity index (χ4n) is 1.30. The number of rotatable bonds is 2. The number of hydrogen-bond donors (Lipinski definition) is 2. The molecule has 1 amide bonds. The molecule has 4 nitrogen and oxygen atoms in total. The van der Waals surface area contributed by atoms with E-state index in [1.165, 1.54) is 0 Å². The van der Waals surface area contributed by atoms with Crippen LogP contribution in [0.15, 0.2) is 12.3 Å². The molecule has 2 rings (SSSR count). The molecule has 0 aliphatic heterocycles. The summed E-state index contributed by atoms with van der Waals surface area (Å²) in [6, 6.07) is 0.775. The van der Waals surface area contributed by atoms with Crippen LogP contribution in [-0.2, 0) is 6.18 Å². The van der Waals surface area contributed by atoms with Gasteiger partial charge < -0.3 is 11.1 Å². The summed E-state index contributed by atoms with van der Waals surface area (Å²) in [4.78, 5) is 15.0. The first kappa shape index (κ1) is 11.7. The van der Waals surface area contributed by atoms with Gasteiger partial charge in [-0.3, -0.25) is 4.79 Å². The number of nitrogen functional groups attached to an aromatic ring is 1. The van der Waals surface area contributed by atoms with E-state index in [4.69, 9.17) is 5.73 Å². The second-order valence-electron chi connectivity index (χ2n) is 3.90. The van der Waals surface area contributed by atoms with Gasteiger partial charge in [0, 0.05) is 12.2 Å². The van der Waals surface area contributed by atoms with Crippen LogP contribution in [0.5, 0.6) is 0 Å². The highest BCUT2D eigenvalue weighted by molar-refractivity contribution is 5.98. The zero-order valence-electron chi connectivity index (χ0n) is 8.71. The summed E-state index contributed by atoms with van der Waals surface area (Å²) in [6.07, 6.45) is -2.23. The number of anilines is 1. The minimum atomic E-state index is -4.53. The zero-order valence-corrected chi connectivity index (χ0v) is 8.71. The minimum absolute atomic E-state index is 0.0523. The van der Waals surface area contributed by atoms with Crippen molar-refractivity contribution < 1.29 is 18.0 Å². The molecule has 3 N–H and O–H groups in total. The van der Waals surface area contributed by atoms with Crippen LogP contribution in [0.2, 0.25) is 0 Å². The van der Waals surface area contributed by atoms with Gasteiger partial charge in [-0.1, -0.05) is 0 Å². The Morgan fingerprint density at radius 3 is 2.65 bits per heavy atom. The van der Waals surface area contributed by atoms with Crippen LogP contribution in [0.25, 0.3) is 0 Å². The molecule has 7 heteroatoms. The molecule has 17 heavy (non-hydrogen) atoms. The van der Waals surface area contributed by atoms with Gasteiger partial charge in [0.1, 0.15) is 5.82 Å². The Morgan fingerprint density at radius 2 is 2.12 bits per heavy atom. The van der Waals surface area contributed by atoms with Crippen LogP contribution >= 0.6 is 0 Å². The molecule has 0 bridgehead atoms. The van der Waals surface area contributed by atoms with Crippen LogP contribution in [0.1, 0.15) is 28.8 Å². The van der Waals surface area contributed by atoms with Crippen molar-refractivity contribution in [2.75, 3.05) is 5.73 Å². The fraction of sp³-hybridized carbons (Fsp3) is 0.400. The van der Waals surface area contributed by atoms with Crippen molar-refractivity contribution in [1.29, 1.82) is 0 Å². The molecule has 92 valence electrons. The Kier molecular flexibility index (Phi) is 2.68. The standard InChI is InChI=1S/C10H10F3N3O/c11-10(12,13)5-3-7(8(14)15-4-5)9(17)16-6-1-2-6/h3-4,6H,1-2H2,(H2,14,15)(H,16,17). The molecule has 1 heterocycles. The van der Waals surface area contributed by atoms with Crippen molar-refractivity contribution in [2.24, 2.45) is 0 Å². The number of amides is 1. The van der Waals surface area contributed by atoms with Crippen LogP contribution in [-0.4, -0.2) is 16.9 Å². The van der Waals surface area contributed by atoms with Crippen LogP contribution in [0.3, 0.4) is 0 Å². The van der Waals surface area contributed by atoms with Crippen molar-refractivity contribution in [3.63, 3.8) is 0 Å². The maximum absolute atomic E-state index is 12.4. The number of nitrogens with two attached hydrogens (primary N) is 1. The number of pyridine rings is 1. The smallest absolute Gasteiger partial charge is 0.383 e. The largest absolute Gasteiger partial charge is 0.417 e. The van der Waals surface area contributed by atoms with Gasteiger partial charge in [0.05, 0.1) is 11.1 Å². The first-order chi connectivity index (χ1) is 7.88. The van der Waals surface area contributed by atoms with Gasteiger partial charge in [-0.05, 0) is 18.9 Å². The van der Waals surface area contributed by atoms with E-state index in [1.54, 1.807) is 0 Å². The van der Waals surface area contributed by atoms with E-state index in [0.29, 0.717) is 6.20 Å². The molecular formula is C10H10F3N3O. The molecule has 0 unspecified atom stereocenters. The number of carbonyl (C=O) groups excluding carboxylic acids is 1. The topological polar surface area (TPSA) is 68.0 Å². The second kappa shape index (κ2) is 3.90. The first-order valence-corrected chi connectivity index (χ1v) is 5.01. The molecule has 0 spiro atoms. The van der Waals surface area contributed by atoms with E-state index >= 15 is 0 Å². The van der Waals surface area contributed by atoms with Crippen LogP contribution in [0, 0.1) is 0 Å². The summed E-state index contributed by atoms with van der Waals surface area (Å²) in [5, 5.41) is 2.56. The van der Waals surface area contributed by atoms with Crippen molar-refractivity contribution >= 4 is 11.7 Å². The number of aromatic nitrogens is 1. The lowest BCUT2D eigenvalue weighted by Crippen LogP contribution is -2.27. The minimum Gasteiger partial charge on any atom is -0.383 e. The summed E-state index contributed by atoms with van der Waals surface area (Å²) >= 11 is 0. The van der Waals surface area contributed by atoms with Crippen molar-refractivity contribution in [3.05, 3.63) is 23.4 Å². The predicted molar refractivity (Wildman–Crippen MR) is 54.1 cm³/mol. The SMILES string of the molecule is Nc1ncc(C(F)(F)F)cc1C(=O)NC1CC1. The van der Waals surface area contributed by atoms with E-state index in [2.05, 4.69) is 10.3 Å². The molecule has 0 radical (unpaired) electrons. The van der Waals surface area contributed by atoms with E-state index in [0.717, 1.165) is 18.9 Å². The summed E-state index contributed by atoms with van der Waals surface area (Å²) in [5.74, 6) is -0.806. The number of hydrogen-bond acceptors (Lipinski definition) is 3. The molecule has 1 fully saturated rings. The van der Waals surface area contributed by atoms with E-state index in [1.807, 2.05) is 0 Å². The van der Waals surface area contributed by atoms with Gasteiger partial charge in [0.2, 0.25) is 0 Å². The van der Waals surface area contributed by atoms with E-state index in [9.17, 15) is 18.0 Å². The van der Waals surface area contributed by atoms with Crippen molar-refractivity contribution in [2.45, 2.75) is 25.1 Å². The van der Waals surface area contributed by atoms with E-state index < -0.39 is 17.6 Å². The predicted octanol–water partition coefficient (Wildman–Crippen LogP) is 1.57. The monoisotopic (exact) mass is 245 g/mol. The molecule has 0 atom stereocenters. The number of carbonyl (C=O) groups is 1. The highest BCUT2D eigenvalue weighted by atomic mass is 19.4. The number of nitrogens with one attached hydrogen (secondary N) is 1. The average molecular weight is 245 g/mol. The summed E-state index contributed by atoms with van der Waals surface area (Å²) < 4.78 is 37.3. The Bertz CT molecular complexity index is 455. The molecule has 0 saturated heterocycles. The Morgan fingerprint density at radius 1 is 1.47 bits per heavy atom. The lowest BCUT2D eigenvalue weighted by molar-refractivity contribution is -0.137. The maximum atomic E-state index is 12.4. The Hall–Kier alpha value is -1.79. The summed E-state index contributed by atoms with van der Waals surface area (Å²) in [5.41, 5.74) is 4.18. The van der Waals surface area contributed by atoms with Gasteiger partial charge in [0.15, 0.2) is 0 Å². The third kappa shape index (κ3) is 2.66. The average Bonchev–Trinajstić information content (AvgIpc) is 3.00.